The molecule has 0 bridgehead atoms. The molecule has 9 nitrogen and oxygen atoms in total. The van der Waals surface area contributed by atoms with Crippen molar-refractivity contribution in [2.45, 2.75) is 26.7 Å². The molecule has 1 fully saturated rings. The Morgan fingerprint density at radius 3 is 2.47 bits per heavy atom. The SMILES string of the molecule is CCOC(=O)[C@H]1CCCN(C(=O)c2ccc(Nc3c(Oc4ccc(C)cc4)cnn(-c4ccc(Cl)c(Cl)c4)c3=O)cc2)C1. The zero-order valence-corrected chi connectivity index (χ0v) is 25.2. The molecule has 5 rings (SSSR count). The number of piperidine rings is 1. The smallest absolute Gasteiger partial charge is 0.310 e. The maximum atomic E-state index is 13.7. The lowest BCUT2D eigenvalue weighted by Gasteiger charge is -2.31. The van der Waals surface area contributed by atoms with Crippen molar-refractivity contribution in [3.05, 3.63) is 104 Å². The van der Waals surface area contributed by atoms with Crippen molar-refractivity contribution in [3.63, 3.8) is 0 Å². The number of aryl methyl sites for hydroxylation is 1. The number of hydrogen-bond acceptors (Lipinski definition) is 7. The van der Waals surface area contributed by atoms with Gasteiger partial charge < -0.3 is 19.7 Å². The number of aromatic nitrogens is 2. The Morgan fingerprint density at radius 2 is 1.77 bits per heavy atom. The molecule has 0 spiro atoms. The summed E-state index contributed by atoms with van der Waals surface area (Å²) in [5, 5.41) is 8.09. The van der Waals surface area contributed by atoms with Crippen LogP contribution in [0.1, 0.15) is 35.7 Å². The van der Waals surface area contributed by atoms with Gasteiger partial charge >= 0.3 is 5.97 Å². The third-order valence-corrected chi connectivity index (χ3v) is 7.81. The first-order valence-electron chi connectivity index (χ1n) is 13.9. The number of ether oxygens (including phenoxy) is 2. The number of likely N-dealkylation sites (tertiary alicyclic amines) is 1. The van der Waals surface area contributed by atoms with Gasteiger partial charge in [0, 0.05) is 24.3 Å². The van der Waals surface area contributed by atoms with Gasteiger partial charge in [-0.1, -0.05) is 40.9 Å². The summed E-state index contributed by atoms with van der Waals surface area (Å²) < 4.78 is 12.4. The molecule has 0 unspecified atom stereocenters. The van der Waals surface area contributed by atoms with E-state index in [1.54, 1.807) is 66.4 Å². The fourth-order valence-corrected chi connectivity index (χ4v) is 5.09. The maximum absolute atomic E-state index is 13.7. The predicted molar refractivity (Wildman–Crippen MR) is 166 cm³/mol. The molecule has 3 aromatic carbocycles. The number of benzene rings is 3. The molecule has 1 atom stereocenters. The quantitative estimate of drug-likeness (QED) is 0.216. The lowest BCUT2D eigenvalue weighted by atomic mass is 9.97. The van der Waals surface area contributed by atoms with Crippen molar-refractivity contribution in [2.75, 3.05) is 25.0 Å². The minimum Gasteiger partial charge on any atom is -0.466 e. The zero-order chi connectivity index (χ0) is 30.5. The van der Waals surface area contributed by atoms with E-state index in [0.717, 1.165) is 12.0 Å². The molecular formula is C32H30Cl2N4O5. The molecule has 1 aliphatic rings. The van der Waals surface area contributed by atoms with E-state index in [4.69, 9.17) is 32.7 Å². The van der Waals surface area contributed by atoms with E-state index in [1.165, 1.54) is 10.9 Å². The predicted octanol–water partition coefficient (Wildman–Crippen LogP) is 6.80. The van der Waals surface area contributed by atoms with E-state index < -0.39 is 5.56 Å². The van der Waals surface area contributed by atoms with Gasteiger partial charge in [0.2, 0.25) is 0 Å². The highest BCUT2D eigenvalue weighted by Crippen LogP contribution is 2.30. The van der Waals surface area contributed by atoms with E-state index in [0.29, 0.717) is 53.8 Å². The van der Waals surface area contributed by atoms with Gasteiger partial charge in [0.15, 0.2) is 11.4 Å². The molecule has 11 heteroatoms. The van der Waals surface area contributed by atoms with Crippen LogP contribution in [0.3, 0.4) is 0 Å². The van der Waals surface area contributed by atoms with Crippen molar-refractivity contribution in [1.82, 2.24) is 14.7 Å². The molecule has 4 aromatic rings. The summed E-state index contributed by atoms with van der Waals surface area (Å²) in [6, 6.07) is 19.0. The summed E-state index contributed by atoms with van der Waals surface area (Å²) in [4.78, 5) is 40.9. The second-order valence-corrected chi connectivity index (χ2v) is 11.0. The summed E-state index contributed by atoms with van der Waals surface area (Å²) in [5.74, 6) is -0.0220. The Kier molecular flexibility index (Phi) is 9.33. The van der Waals surface area contributed by atoms with Gasteiger partial charge in [-0.05, 0) is 81.3 Å². The zero-order valence-electron chi connectivity index (χ0n) is 23.7. The van der Waals surface area contributed by atoms with Crippen LogP contribution in [0.5, 0.6) is 11.5 Å². The molecule has 1 N–H and O–H groups in total. The normalized spacial score (nSPS) is 14.7. The van der Waals surface area contributed by atoms with Gasteiger partial charge in [-0.2, -0.15) is 9.78 Å². The van der Waals surface area contributed by atoms with Gasteiger partial charge in [-0.25, -0.2) is 0 Å². The Morgan fingerprint density at radius 1 is 1.02 bits per heavy atom. The molecule has 0 aliphatic carbocycles. The van der Waals surface area contributed by atoms with E-state index in [1.807, 2.05) is 19.1 Å². The van der Waals surface area contributed by atoms with Gasteiger partial charge in [0.05, 0.1) is 34.5 Å². The van der Waals surface area contributed by atoms with E-state index >= 15 is 0 Å². The third kappa shape index (κ3) is 7.01. The Bertz CT molecular complexity index is 1690. The number of nitrogens with zero attached hydrogens (tertiary/aromatic N) is 3. The molecule has 0 saturated carbocycles. The number of anilines is 2. The summed E-state index contributed by atoms with van der Waals surface area (Å²) >= 11 is 12.3. The molecule has 1 aromatic heterocycles. The highest BCUT2D eigenvalue weighted by atomic mass is 35.5. The first-order valence-corrected chi connectivity index (χ1v) is 14.6. The second-order valence-electron chi connectivity index (χ2n) is 10.2. The standard InChI is InChI=1S/C32H30Cl2N4O5/c1-3-42-32(41)22-5-4-16-37(19-22)30(39)21-8-10-23(11-9-21)36-29-28(43-25-13-6-20(2)7-14-25)18-35-38(31(29)40)24-12-15-26(33)27(34)17-24/h6-15,17-18,22,36H,3-5,16,19H2,1-2H3/t22-/m0/s1. The first-order chi connectivity index (χ1) is 20.7. The summed E-state index contributed by atoms with van der Waals surface area (Å²) in [6.45, 7) is 4.94. The van der Waals surface area contributed by atoms with Crippen LogP contribution in [-0.4, -0.2) is 46.3 Å². The van der Waals surface area contributed by atoms with Crippen LogP contribution in [0.15, 0.2) is 77.7 Å². The maximum Gasteiger partial charge on any atom is 0.310 e. The van der Waals surface area contributed by atoms with Crippen molar-refractivity contribution < 1.29 is 19.1 Å². The van der Waals surface area contributed by atoms with Gasteiger partial charge in [-0.3, -0.25) is 14.4 Å². The summed E-state index contributed by atoms with van der Waals surface area (Å²) in [5.41, 5.74) is 2.16. The number of halogens is 2. The monoisotopic (exact) mass is 620 g/mol. The Balaban J connectivity index is 1.42. The number of carbonyl (C=O) groups is 2. The summed E-state index contributed by atoms with van der Waals surface area (Å²) in [6.07, 6.45) is 2.87. The average Bonchev–Trinajstić information content (AvgIpc) is 3.02. The van der Waals surface area contributed by atoms with Gasteiger partial charge in [0.25, 0.3) is 11.5 Å². The van der Waals surface area contributed by atoms with Crippen LogP contribution < -0.4 is 15.6 Å². The van der Waals surface area contributed by atoms with Crippen LogP contribution in [0.25, 0.3) is 5.69 Å². The average molecular weight is 622 g/mol. The molecule has 1 saturated heterocycles. The van der Waals surface area contributed by atoms with Crippen molar-refractivity contribution in [3.8, 4) is 17.2 Å². The molecule has 0 radical (unpaired) electrons. The molecule has 1 aliphatic heterocycles. The highest BCUT2D eigenvalue weighted by molar-refractivity contribution is 6.42. The lowest BCUT2D eigenvalue weighted by molar-refractivity contribution is -0.149. The van der Waals surface area contributed by atoms with Gasteiger partial charge in [-0.15, -0.1) is 0 Å². The van der Waals surface area contributed by atoms with Crippen molar-refractivity contribution in [2.24, 2.45) is 5.92 Å². The molecule has 2 heterocycles. The topological polar surface area (TPSA) is 103 Å². The van der Waals surface area contributed by atoms with E-state index in [-0.39, 0.29) is 34.3 Å². The van der Waals surface area contributed by atoms with E-state index in [9.17, 15) is 14.4 Å². The van der Waals surface area contributed by atoms with Crippen molar-refractivity contribution >= 4 is 46.5 Å². The molecule has 1 amide bonds. The van der Waals surface area contributed by atoms with Gasteiger partial charge in [0.1, 0.15) is 5.75 Å². The van der Waals surface area contributed by atoms with Crippen LogP contribution in [-0.2, 0) is 9.53 Å². The largest absolute Gasteiger partial charge is 0.466 e. The van der Waals surface area contributed by atoms with Crippen LogP contribution >= 0.6 is 23.2 Å². The first kappa shape index (κ1) is 30.1. The minimum absolute atomic E-state index is 0.133. The number of hydrogen-bond donors (Lipinski definition) is 1. The number of amides is 1. The lowest BCUT2D eigenvalue weighted by Crippen LogP contribution is -2.42. The summed E-state index contributed by atoms with van der Waals surface area (Å²) in [7, 11) is 0. The molecular weight excluding hydrogens is 591 g/mol. The number of nitrogens with one attached hydrogen (secondary N) is 1. The minimum atomic E-state index is -0.485. The molecule has 43 heavy (non-hydrogen) atoms. The van der Waals surface area contributed by atoms with Crippen LogP contribution in [0.4, 0.5) is 11.4 Å². The van der Waals surface area contributed by atoms with Crippen LogP contribution in [0.2, 0.25) is 10.0 Å². The number of esters is 1. The number of rotatable bonds is 8. The van der Waals surface area contributed by atoms with E-state index in [2.05, 4.69) is 10.4 Å². The number of carbonyl (C=O) groups excluding carboxylic acids is 2. The fourth-order valence-electron chi connectivity index (χ4n) is 4.80. The third-order valence-electron chi connectivity index (χ3n) is 7.07. The second kappa shape index (κ2) is 13.3. The van der Waals surface area contributed by atoms with Crippen LogP contribution in [0, 0.1) is 12.8 Å². The Labute approximate surface area is 258 Å². The Hall–Kier alpha value is -4.34. The molecule has 222 valence electrons. The highest BCUT2D eigenvalue weighted by Gasteiger charge is 2.29. The van der Waals surface area contributed by atoms with Crippen molar-refractivity contribution in [1.29, 1.82) is 0 Å². The fraction of sp³-hybridized carbons (Fsp3) is 0.250.